The first-order valence-corrected chi connectivity index (χ1v) is 9.92. The van der Waals surface area contributed by atoms with Crippen LogP contribution in [-0.4, -0.2) is 62.9 Å². The number of carbonyl (C=O) groups excluding carboxylic acids is 4. The van der Waals surface area contributed by atoms with Gasteiger partial charge in [0, 0.05) is 18.7 Å². The highest BCUT2D eigenvalue weighted by atomic mass is 32.1. The Morgan fingerprint density at radius 2 is 1.58 bits per heavy atom. The molecule has 0 aliphatic heterocycles. The Balaban J connectivity index is 3.51. The average molecular weight is 454 g/mol. The highest BCUT2D eigenvalue weighted by Crippen LogP contribution is 2.26. The largest absolute Gasteiger partial charge is 0.479 e. The molecule has 0 saturated carbocycles. The number of carbonyl (C=O) groups is 5. The number of Topliss-reactive ketones (excluding diaryl/α,β-unsaturated/α-hetero) is 1. The van der Waals surface area contributed by atoms with Gasteiger partial charge in [-0.15, -0.1) is 0 Å². The first kappa shape index (κ1) is 26.1. The van der Waals surface area contributed by atoms with Crippen LogP contribution in [0.2, 0.25) is 0 Å². The third-order valence-electron chi connectivity index (χ3n) is 4.68. The van der Waals surface area contributed by atoms with E-state index in [2.05, 4.69) is 12.6 Å². The standard InChI is InChI=1S/C19H27N5O6S/c20-12(6-7-14(22)25)16(27)19(10-31,18(29)30)24(9-11-4-2-1-3-5-11)17(28)13(21)8-15(23)26/h1-5,12-13,31H,6-10,20-21H2,(H2,22,25)(H2,23,26)(H,29,30). The lowest BCUT2D eigenvalue weighted by Crippen LogP contribution is -2.68. The Labute approximate surface area is 184 Å². The van der Waals surface area contributed by atoms with Crippen LogP contribution in [0, 0.1) is 0 Å². The van der Waals surface area contributed by atoms with Crippen LogP contribution < -0.4 is 22.9 Å². The molecule has 0 saturated heterocycles. The summed E-state index contributed by atoms with van der Waals surface area (Å²) in [5.41, 5.74) is 19.8. The van der Waals surface area contributed by atoms with Crippen molar-refractivity contribution in [1.82, 2.24) is 4.90 Å². The number of carboxylic acid groups (broad SMARTS) is 1. The molecule has 9 N–H and O–H groups in total. The maximum Gasteiger partial charge on any atom is 0.338 e. The van der Waals surface area contributed by atoms with Crippen molar-refractivity contribution in [2.24, 2.45) is 22.9 Å². The highest BCUT2D eigenvalue weighted by Gasteiger charge is 2.54. The van der Waals surface area contributed by atoms with E-state index in [1.165, 1.54) is 0 Å². The van der Waals surface area contributed by atoms with Gasteiger partial charge in [0.05, 0.1) is 18.5 Å². The number of primary amides is 2. The number of nitrogens with two attached hydrogens (primary N) is 4. The van der Waals surface area contributed by atoms with Crippen LogP contribution in [-0.2, 0) is 30.5 Å². The first-order chi connectivity index (χ1) is 14.5. The molecule has 1 rings (SSSR count). The zero-order valence-corrected chi connectivity index (χ0v) is 17.7. The highest BCUT2D eigenvalue weighted by molar-refractivity contribution is 7.80. The lowest BCUT2D eigenvalue weighted by Gasteiger charge is -2.41. The Kier molecular flexibility index (Phi) is 9.62. The molecular weight excluding hydrogens is 426 g/mol. The number of aliphatic carboxylic acids is 1. The molecule has 0 fully saturated rings. The Morgan fingerprint density at radius 3 is 2.03 bits per heavy atom. The Morgan fingerprint density at radius 1 is 1.00 bits per heavy atom. The maximum absolute atomic E-state index is 13.2. The fourth-order valence-corrected chi connectivity index (χ4v) is 3.45. The molecule has 0 radical (unpaired) electrons. The van der Waals surface area contributed by atoms with Gasteiger partial charge in [0.2, 0.25) is 23.3 Å². The van der Waals surface area contributed by atoms with Crippen LogP contribution in [0.5, 0.6) is 0 Å². The minimum atomic E-state index is -2.51. The summed E-state index contributed by atoms with van der Waals surface area (Å²) in [7, 11) is 0. The van der Waals surface area contributed by atoms with E-state index in [0.29, 0.717) is 5.56 Å². The van der Waals surface area contributed by atoms with Crippen molar-refractivity contribution in [1.29, 1.82) is 0 Å². The van der Waals surface area contributed by atoms with Gasteiger partial charge in [0.25, 0.3) is 0 Å². The Bertz CT molecular complexity index is 836. The molecule has 31 heavy (non-hydrogen) atoms. The molecule has 0 aliphatic carbocycles. The topological polar surface area (TPSA) is 213 Å². The quantitative estimate of drug-likeness (QED) is 0.147. The van der Waals surface area contributed by atoms with Crippen molar-refractivity contribution in [3.8, 4) is 0 Å². The number of ketones is 1. The van der Waals surface area contributed by atoms with E-state index in [1.54, 1.807) is 30.3 Å². The van der Waals surface area contributed by atoms with Gasteiger partial charge in [0.15, 0.2) is 5.78 Å². The van der Waals surface area contributed by atoms with Crippen molar-refractivity contribution >= 4 is 42.1 Å². The number of nitrogens with zero attached hydrogens (tertiary/aromatic N) is 1. The number of rotatable bonds is 13. The fraction of sp³-hybridized carbons (Fsp3) is 0.421. The molecule has 11 nitrogen and oxygen atoms in total. The summed E-state index contributed by atoms with van der Waals surface area (Å²) in [6.07, 6.45) is -1.05. The van der Waals surface area contributed by atoms with Crippen LogP contribution in [0.15, 0.2) is 30.3 Å². The molecule has 3 atom stereocenters. The molecule has 170 valence electrons. The van der Waals surface area contributed by atoms with Gasteiger partial charge in [0.1, 0.15) is 0 Å². The van der Waals surface area contributed by atoms with Gasteiger partial charge in [-0.25, -0.2) is 4.79 Å². The minimum absolute atomic E-state index is 0.225. The number of benzene rings is 1. The third-order valence-corrected chi connectivity index (χ3v) is 5.14. The third kappa shape index (κ3) is 6.51. The van der Waals surface area contributed by atoms with Crippen molar-refractivity contribution < 1.29 is 29.1 Å². The van der Waals surface area contributed by atoms with E-state index in [-0.39, 0.29) is 19.4 Å². The van der Waals surface area contributed by atoms with Gasteiger partial charge < -0.3 is 32.9 Å². The van der Waals surface area contributed by atoms with Crippen LogP contribution in [0.1, 0.15) is 24.8 Å². The second-order valence-corrected chi connectivity index (χ2v) is 7.30. The number of thiol groups is 1. The van der Waals surface area contributed by atoms with Crippen molar-refractivity contribution in [3.63, 3.8) is 0 Å². The van der Waals surface area contributed by atoms with Gasteiger partial charge >= 0.3 is 5.97 Å². The summed E-state index contributed by atoms with van der Waals surface area (Å²) in [6.45, 7) is -0.326. The normalized spacial score (nSPS) is 14.7. The molecule has 0 spiro atoms. The van der Waals surface area contributed by atoms with Gasteiger partial charge in [-0.2, -0.15) is 12.6 Å². The first-order valence-electron chi connectivity index (χ1n) is 9.29. The molecule has 0 aliphatic rings. The maximum atomic E-state index is 13.2. The van der Waals surface area contributed by atoms with E-state index >= 15 is 0 Å². The summed E-state index contributed by atoms with van der Waals surface area (Å²) in [5.74, 6) is -5.96. The molecule has 0 heterocycles. The lowest BCUT2D eigenvalue weighted by atomic mass is 9.86. The summed E-state index contributed by atoms with van der Waals surface area (Å²) in [6, 6.07) is 5.34. The summed E-state index contributed by atoms with van der Waals surface area (Å²) < 4.78 is 0. The predicted octanol–water partition coefficient (Wildman–Crippen LogP) is -1.87. The van der Waals surface area contributed by atoms with Gasteiger partial charge in [-0.05, 0) is 12.0 Å². The van der Waals surface area contributed by atoms with Crippen molar-refractivity contribution in [3.05, 3.63) is 35.9 Å². The van der Waals surface area contributed by atoms with E-state index in [1.807, 2.05) is 0 Å². The molecule has 1 aromatic carbocycles. The summed E-state index contributed by atoms with van der Waals surface area (Å²) in [5, 5.41) is 10.0. The van der Waals surface area contributed by atoms with E-state index < -0.39 is 59.3 Å². The second kappa shape index (κ2) is 11.4. The predicted molar refractivity (Wildman–Crippen MR) is 114 cm³/mol. The fourth-order valence-electron chi connectivity index (χ4n) is 2.99. The zero-order valence-electron chi connectivity index (χ0n) is 16.8. The molecule has 0 aromatic heterocycles. The van der Waals surface area contributed by atoms with Crippen LogP contribution >= 0.6 is 12.6 Å². The zero-order chi connectivity index (χ0) is 23.8. The number of hydrogen-bond donors (Lipinski definition) is 6. The lowest BCUT2D eigenvalue weighted by molar-refractivity contribution is -0.164. The average Bonchev–Trinajstić information content (AvgIpc) is 2.71. The molecule has 12 heteroatoms. The number of amides is 3. The van der Waals surface area contributed by atoms with Crippen LogP contribution in [0.4, 0.5) is 0 Å². The minimum Gasteiger partial charge on any atom is -0.479 e. The molecule has 3 amide bonds. The van der Waals surface area contributed by atoms with E-state index in [9.17, 15) is 29.1 Å². The summed E-state index contributed by atoms with van der Waals surface area (Å²) >= 11 is 4.05. The number of carboxylic acids is 1. The molecule has 0 bridgehead atoms. The van der Waals surface area contributed by atoms with Gasteiger partial charge in [-0.3, -0.25) is 19.2 Å². The second-order valence-electron chi connectivity index (χ2n) is 6.99. The molecular formula is C19H27N5O6S. The summed E-state index contributed by atoms with van der Waals surface area (Å²) in [4.78, 5) is 61.7. The smallest absolute Gasteiger partial charge is 0.338 e. The van der Waals surface area contributed by atoms with Crippen molar-refractivity contribution in [2.75, 3.05) is 5.75 Å². The monoisotopic (exact) mass is 453 g/mol. The van der Waals surface area contributed by atoms with Gasteiger partial charge in [-0.1, -0.05) is 30.3 Å². The number of hydrogen-bond acceptors (Lipinski definition) is 8. The SMILES string of the molecule is NC(=O)CCC(N)C(=O)C(CS)(C(=O)O)N(Cc1ccccc1)C(=O)C(N)CC(N)=O. The molecule has 3 unspecified atom stereocenters. The molecule has 1 aromatic rings. The van der Waals surface area contributed by atoms with E-state index in [0.717, 1.165) is 4.90 Å². The Hall–Kier alpha value is -2.96. The van der Waals surface area contributed by atoms with E-state index in [4.69, 9.17) is 22.9 Å². The van der Waals surface area contributed by atoms with Crippen LogP contribution in [0.3, 0.4) is 0 Å². The van der Waals surface area contributed by atoms with Crippen LogP contribution in [0.25, 0.3) is 0 Å². The van der Waals surface area contributed by atoms with Crippen molar-refractivity contribution in [2.45, 2.75) is 43.4 Å².